The molecule has 2 rings (SSSR count). The van der Waals surface area contributed by atoms with E-state index in [1.54, 1.807) is 6.21 Å². The molecule has 1 aromatic carbocycles. The van der Waals surface area contributed by atoms with Gasteiger partial charge in [-0.15, -0.1) is 0 Å². The fraction of sp³-hybridized carbons (Fsp3) is 0.562. The van der Waals surface area contributed by atoms with Gasteiger partial charge in [0.25, 0.3) is 0 Å². The van der Waals surface area contributed by atoms with Crippen molar-refractivity contribution in [3.8, 4) is 0 Å². The molecule has 1 saturated heterocycles. The van der Waals surface area contributed by atoms with Gasteiger partial charge in [-0.05, 0) is 57.2 Å². The lowest BCUT2D eigenvalue weighted by Crippen LogP contribution is -2.26. The molecule has 0 spiro atoms. The van der Waals surface area contributed by atoms with Crippen molar-refractivity contribution in [2.45, 2.75) is 44.3 Å². The summed E-state index contributed by atoms with van der Waals surface area (Å²) in [7, 11) is 0. The van der Waals surface area contributed by atoms with Gasteiger partial charge in [-0.2, -0.15) is 0 Å². The minimum atomic E-state index is -1.23. The van der Waals surface area contributed by atoms with Crippen molar-refractivity contribution < 1.29 is 9.29 Å². The average molecular weight is 372 g/mol. The fourth-order valence-electron chi connectivity index (χ4n) is 2.30. The molecule has 3 nitrogen and oxygen atoms in total. The molecular formula is C16H22BrNO2S. The fourth-order valence-corrected chi connectivity index (χ4v) is 3.20. The summed E-state index contributed by atoms with van der Waals surface area (Å²) in [5, 5.41) is 0. The van der Waals surface area contributed by atoms with Crippen LogP contribution in [0.25, 0.3) is 0 Å². The van der Waals surface area contributed by atoms with Gasteiger partial charge >= 0.3 is 0 Å². The van der Waals surface area contributed by atoms with Crippen LogP contribution in [0.2, 0.25) is 0 Å². The quantitative estimate of drug-likeness (QED) is 0.589. The van der Waals surface area contributed by atoms with Crippen molar-refractivity contribution in [3.63, 3.8) is 0 Å². The summed E-state index contributed by atoms with van der Waals surface area (Å²) in [6.07, 6.45) is 3.83. The second-order valence-corrected chi connectivity index (χ2v) is 9.11. The summed E-state index contributed by atoms with van der Waals surface area (Å²) in [5.41, 5.74) is 2.32. The zero-order valence-corrected chi connectivity index (χ0v) is 15.2. The normalized spacial score (nSPS) is 19.1. The SMILES string of the molecule is CC(C)(C)[S+]([O-])/N=C/c1cc(Br)ccc1C1CCOCC1. The summed E-state index contributed by atoms with van der Waals surface area (Å²) < 4.78 is 22.5. The number of benzene rings is 1. The van der Waals surface area contributed by atoms with Gasteiger partial charge in [0.15, 0.2) is 0 Å². The Balaban J connectivity index is 2.25. The second-order valence-electron chi connectivity index (χ2n) is 6.26. The topological polar surface area (TPSA) is 44.7 Å². The number of hydrogen-bond donors (Lipinski definition) is 0. The van der Waals surface area contributed by atoms with E-state index in [2.05, 4.69) is 32.5 Å². The Kier molecular flexibility index (Phi) is 5.88. The summed E-state index contributed by atoms with van der Waals surface area (Å²) >= 11 is 2.28. The number of nitrogens with zero attached hydrogens (tertiary/aromatic N) is 1. The van der Waals surface area contributed by atoms with Gasteiger partial charge in [-0.25, -0.2) is 0 Å². The highest BCUT2D eigenvalue weighted by molar-refractivity contribution is 9.10. The van der Waals surface area contributed by atoms with Crippen molar-refractivity contribution in [2.75, 3.05) is 13.2 Å². The Hall–Kier alpha value is -0.360. The lowest BCUT2D eigenvalue weighted by molar-refractivity contribution is 0.0853. The monoisotopic (exact) mass is 371 g/mol. The summed E-state index contributed by atoms with van der Waals surface area (Å²) in [6.45, 7) is 7.42. The van der Waals surface area contributed by atoms with Gasteiger partial charge < -0.3 is 9.29 Å². The Bertz CT molecular complexity index is 507. The Morgan fingerprint density at radius 2 is 2.00 bits per heavy atom. The molecule has 0 aromatic heterocycles. The molecule has 1 aromatic rings. The number of hydrogen-bond acceptors (Lipinski definition) is 3. The first-order valence-corrected chi connectivity index (χ1v) is 9.11. The van der Waals surface area contributed by atoms with Gasteiger partial charge in [-0.3, -0.25) is 0 Å². The lowest BCUT2D eigenvalue weighted by atomic mass is 9.88. The van der Waals surface area contributed by atoms with E-state index >= 15 is 0 Å². The van der Waals surface area contributed by atoms with Gasteiger partial charge in [0.2, 0.25) is 0 Å². The minimum absolute atomic E-state index is 0.332. The van der Waals surface area contributed by atoms with Gasteiger partial charge in [0.05, 0.1) is 6.21 Å². The first-order valence-electron chi connectivity index (χ1n) is 7.21. The molecule has 116 valence electrons. The second kappa shape index (κ2) is 7.27. The van der Waals surface area contributed by atoms with Gasteiger partial charge in [0, 0.05) is 23.2 Å². The van der Waals surface area contributed by atoms with E-state index in [0.717, 1.165) is 36.1 Å². The zero-order chi connectivity index (χ0) is 15.5. The van der Waals surface area contributed by atoms with Crippen LogP contribution in [-0.4, -0.2) is 28.7 Å². The molecule has 1 atom stereocenters. The van der Waals surface area contributed by atoms with E-state index < -0.39 is 11.4 Å². The smallest absolute Gasteiger partial charge is 0.144 e. The Morgan fingerprint density at radius 3 is 2.62 bits per heavy atom. The van der Waals surface area contributed by atoms with Crippen LogP contribution < -0.4 is 0 Å². The summed E-state index contributed by atoms with van der Waals surface area (Å²) in [4.78, 5) is 0. The van der Waals surface area contributed by atoms with Crippen LogP contribution in [0.15, 0.2) is 27.1 Å². The molecule has 0 saturated carbocycles. The van der Waals surface area contributed by atoms with Crippen LogP contribution in [0.5, 0.6) is 0 Å². The van der Waals surface area contributed by atoms with Crippen LogP contribution in [0.1, 0.15) is 50.7 Å². The third-order valence-electron chi connectivity index (χ3n) is 3.52. The predicted molar refractivity (Wildman–Crippen MR) is 92.4 cm³/mol. The molecule has 0 amide bonds. The van der Waals surface area contributed by atoms with Crippen molar-refractivity contribution in [3.05, 3.63) is 33.8 Å². The van der Waals surface area contributed by atoms with Crippen LogP contribution in [0.4, 0.5) is 0 Å². The average Bonchev–Trinajstić information content (AvgIpc) is 2.44. The van der Waals surface area contributed by atoms with Crippen LogP contribution in [-0.2, 0) is 16.1 Å². The number of rotatable bonds is 3. The first kappa shape index (κ1) is 17.0. The van der Waals surface area contributed by atoms with E-state index in [4.69, 9.17) is 4.74 Å². The van der Waals surface area contributed by atoms with Crippen LogP contribution >= 0.6 is 15.9 Å². The number of ether oxygens (including phenoxy) is 1. The maximum atomic E-state index is 12.1. The maximum absolute atomic E-state index is 12.1. The van der Waals surface area contributed by atoms with E-state index in [-0.39, 0.29) is 4.75 Å². The highest BCUT2D eigenvalue weighted by Gasteiger charge is 2.26. The Morgan fingerprint density at radius 1 is 1.33 bits per heavy atom. The molecule has 0 N–H and O–H groups in total. The molecule has 21 heavy (non-hydrogen) atoms. The van der Waals surface area contributed by atoms with Crippen LogP contribution in [0.3, 0.4) is 0 Å². The van der Waals surface area contributed by atoms with E-state index in [0.29, 0.717) is 5.92 Å². The highest BCUT2D eigenvalue weighted by Crippen LogP contribution is 2.30. The summed E-state index contributed by atoms with van der Waals surface area (Å²) in [5.74, 6) is 0.497. The Labute approximate surface area is 138 Å². The molecule has 1 fully saturated rings. The molecule has 1 aliphatic rings. The maximum Gasteiger partial charge on any atom is 0.144 e. The minimum Gasteiger partial charge on any atom is -0.591 e. The van der Waals surface area contributed by atoms with Crippen molar-refractivity contribution in [2.24, 2.45) is 4.40 Å². The van der Waals surface area contributed by atoms with Crippen molar-refractivity contribution in [1.29, 1.82) is 0 Å². The van der Waals surface area contributed by atoms with Gasteiger partial charge in [-0.1, -0.05) is 26.4 Å². The standard InChI is InChI=1S/C16H22BrNO2S/c1-16(2,3)21(19)18-11-13-10-14(17)4-5-15(13)12-6-8-20-9-7-12/h4-5,10-12H,6-9H2,1-3H3/b18-11+. The molecule has 1 aliphatic heterocycles. The van der Waals surface area contributed by atoms with Crippen molar-refractivity contribution >= 4 is 33.5 Å². The molecule has 0 bridgehead atoms. The first-order chi connectivity index (χ1) is 9.88. The molecule has 5 heteroatoms. The third kappa shape index (κ3) is 4.81. The summed E-state index contributed by atoms with van der Waals surface area (Å²) in [6, 6.07) is 6.25. The molecule has 0 aliphatic carbocycles. The van der Waals surface area contributed by atoms with E-state index in [1.807, 2.05) is 26.8 Å². The van der Waals surface area contributed by atoms with Crippen molar-refractivity contribution in [1.82, 2.24) is 0 Å². The highest BCUT2D eigenvalue weighted by atomic mass is 79.9. The zero-order valence-electron chi connectivity index (χ0n) is 12.8. The van der Waals surface area contributed by atoms with E-state index in [9.17, 15) is 4.55 Å². The predicted octanol–water partition coefficient (Wildman–Crippen LogP) is 4.22. The van der Waals surface area contributed by atoms with Gasteiger partial charge in [0.1, 0.15) is 16.1 Å². The molecule has 1 heterocycles. The number of halogens is 1. The third-order valence-corrected chi connectivity index (χ3v) is 5.36. The largest absolute Gasteiger partial charge is 0.591 e. The van der Waals surface area contributed by atoms with E-state index in [1.165, 1.54) is 5.56 Å². The molecule has 1 unspecified atom stereocenters. The molecular weight excluding hydrogens is 350 g/mol. The lowest BCUT2D eigenvalue weighted by Gasteiger charge is -2.24. The van der Waals surface area contributed by atoms with Crippen LogP contribution in [0, 0.1) is 0 Å². The molecule has 0 radical (unpaired) electrons.